The number of ketones is 4. The molecule has 0 aromatic rings. The van der Waals surface area contributed by atoms with Crippen LogP contribution < -0.4 is 0 Å². The molecule has 0 radical (unpaired) electrons. The number of hydrogen-bond donors (Lipinski definition) is 2. The number of carboxylic acid groups (broad SMARTS) is 2. The minimum absolute atomic E-state index is 0.0212. The van der Waals surface area contributed by atoms with Gasteiger partial charge in [-0.2, -0.15) is 0 Å². The molecule has 2 aliphatic rings. The van der Waals surface area contributed by atoms with Crippen LogP contribution >= 0.6 is 0 Å². The standard InChI is InChI=1S/C44H68O8/c1-7-9-27-43(3,4)38(46)26-24-32-29-35(41(51)34(32)20-16-12-14-18-22-40(49)50)36(42(52)44(5,6)28-10-8-2)30-31-23-25-37(45)33(31)19-15-11-13-17-21-39(47)48/h24,26,35-36H,7-23,25,27-30H2,1-6H3,(H,47,48)(H,49,50)/b26-24+. The van der Waals surface area contributed by atoms with Gasteiger partial charge in [0.1, 0.15) is 5.78 Å². The van der Waals surface area contributed by atoms with E-state index in [9.17, 15) is 28.8 Å². The molecule has 8 heteroatoms. The van der Waals surface area contributed by atoms with E-state index in [1.165, 1.54) is 0 Å². The molecule has 2 aliphatic carbocycles. The van der Waals surface area contributed by atoms with Crippen molar-refractivity contribution in [1.82, 2.24) is 0 Å². The fourth-order valence-electron chi connectivity index (χ4n) is 7.85. The molecule has 2 rings (SSSR count). The fraction of sp³-hybridized carbons (Fsp3) is 0.727. The van der Waals surface area contributed by atoms with Crippen molar-refractivity contribution in [2.24, 2.45) is 22.7 Å². The van der Waals surface area contributed by atoms with Crippen molar-refractivity contribution >= 4 is 35.1 Å². The summed E-state index contributed by atoms with van der Waals surface area (Å²) >= 11 is 0. The SMILES string of the molecule is CCCCC(C)(C)C(=O)/C=C/C1=C(CCCCCCC(=O)O)C(=O)C(C(CC2=C(CCCCCCC(=O)O)C(=O)CC2)C(=O)C(C)(C)CCCC)C1. The van der Waals surface area contributed by atoms with Crippen LogP contribution in [-0.2, 0) is 28.8 Å². The molecule has 0 fully saturated rings. The summed E-state index contributed by atoms with van der Waals surface area (Å²) in [6.07, 6.45) is 17.8. The lowest BCUT2D eigenvalue weighted by atomic mass is 9.70. The minimum atomic E-state index is -0.814. The number of allylic oxidation sites excluding steroid dienone is 6. The Balaban J connectivity index is 2.44. The number of rotatable bonds is 28. The summed E-state index contributed by atoms with van der Waals surface area (Å²) in [6, 6.07) is 0. The average Bonchev–Trinajstić information content (AvgIpc) is 3.59. The van der Waals surface area contributed by atoms with E-state index in [1.54, 1.807) is 6.08 Å². The van der Waals surface area contributed by atoms with E-state index in [1.807, 2.05) is 33.8 Å². The Morgan fingerprint density at radius 3 is 1.77 bits per heavy atom. The first-order chi connectivity index (χ1) is 24.5. The highest BCUT2D eigenvalue weighted by molar-refractivity contribution is 6.05. The molecule has 0 amide bonds. The topological polar surface area (TPSA) is 143 Å². The zero-order chi connectivity index (χ0) is 38.9. The minimum Gasteiger partial charge on any atom is -0.481 e. The lowest BCUT2D eigenvalue weighted by molar-refractivity contribution is -0.138. The van der Waals surface area contributed by atoms with Crippen LogP contribution in [0.15, 0.2) is 34.4 Å². The van der Waals surface area contributed by atoms with Gasteiger partial charge in [-0.3, -0.25) is 28.8 Å². The molecule has 0 aliphatic heterocycles. The van der Waals surface area contributed by atoms with Crippen LogP contribution in [0.5, 0.6) is 0 Å². The van der Waals surface area contributed by atoms with Crippen molar-refractivity contribution in [3.05, 3.63) is 34.4 Å². The van der Waals surface area contributed by atoms with Crippen LogP contribution in [0.4, 0.5) is 0 Å². The summed E-state index contributed by atoms with van der Waals surface area (Å²) in [5, 5.41) is 18.0. The van der Waals surface area contributed by atoms with E-state index in [4.69, 9.17) is 10.2 Å². The third-order valence-electron chi connectivity index (χ3n) is 11.4. The smallest absolute Gasteiger partial charge is 0.303 e. The van der Waals surface area contributed by atoms with Crippen molar-refractivity contribution in [2.45, 2.75) is 183 Å². The quantitative estimate of drug-likeness (QED) is 0.0599. The summed E-state index contributed by atoms with van der Waals surface area (Å²) in [4.78, 5) is 77.5. The Morgan fingerprint density at radius 1 is 0.712 bits per heavy atom. The van der Waals surface area contributed by atoms with E-state index < -0.39 is 34.6 Å². The average molecular weight is 725 g/mol. The molecule has 52 heavy (non-hydrogen) atoms. The summed E-state index contributed by atoms with van der Waals surface area (Å²) < 4.78 is 0. The third-order valence-corrected chi connectivity index (χ3v) is 11.4. The Morgan fingerprint density at radius 2 is 1.23 bits per heavy atom. The van der Waals surface area contributed by atoms with Crippen LogP contribution in [-0.4, -0.2) is 45.3 Å². The van der Waals surface area contributed by atoms with Gasteiger partial charge in [-0.05, 0) is 93.4 Å². The molecule has 2 N–H and O–H groups in total. The summed E-state index contributed by atoms with van der Waals surface area (Å²) in [5.74, 6) is -2.60. The van der Waals surface area contributed by atoms with E-state index in [-0.39, 0.29) is 36.0 Å². The predicted octanol–water partition coefficient (Wildman–Crippen LogP) is 10.5. The summed E-state index contributed by atoms with van der Waals surface area (Å²) in [6.45, 7) is 12.1. The lowest BCUT2D eigenvalue weighted by Gasteiger charge is -2.32. The highest BCUT2D eigenvalue weighted by atomic mass is 16.4. The Labute approximate surface area is 313 Å². The lowest BCUT2D eigenvalue weighted by Crippen LogP contribution is -2.37. The maximum Gasteiger partial charge on any atom is 0.303 e. The van der Waals surface area contributed by atoms with Gasteiger partial charge in [0.2, 0.25) is 0 Å². The Bertz CT molecular complexity index is 1360. The van der Waals surface area contributed by atoms with E-state index in [0.29, 0.717) is 63.4 Å². The fourth-order valence-corrected chi connectivity index (χ4v) is 7.85. The first kappa shape index (κ1) is 45.0. The van der Waals surface area contributed by atoms with Crippen molar-refractivity contribution in [3.8, 4) is 0 Å². The number of carbonyl (C=O) groups is 6. The number of Topliss-reactive ketones (excluding diaryl/α,β-unsaturated/α-hetero) is 3. The van der Waals surface area contributed by atoms with E-state index in [0.717, 1.165) is 87.3 Å². The molecule has 0 aromatic heterocycles. The van der Waals surface area contributed by atoms with Gasteiger partial charge in [0.05, 0.1) is 0 Å². The molecule has 8 nitrogen and oxygen atoms in total. The summed E-state index contributed by atoms with van der Waals surface area (Å²) in [5.41, 5.74) is 2.13. The molecule has 0 saturated carbocycles. The second-order valence-electron chi connectivity index (χ2n) is 16.6. The molecule has 292 valence electrons. The van der Waals surface area contributed by atoms with Crippen LogP contribution in [0.2, 0.25) is 0 Å². The maximum atomic E-state index is 14.6. The zero-order valence-corrected chi connectivity index (χ0v) is 33.2. The number of aliphatic carboxylic acids is 2. The van der Waals surface area contributed by atoms with Crippen molar-refractivity contribution in [3.63, 3.8) is 0 Å². The van der Waals surface area contributed by atoms with Gasteiger partial charge >= 0.3 is 11.9 Å². The van der Waals surface area contributed by atoms with Crippen LogP contribution in [0.25, 0.3) is 0 Å². The highest BCUT2D eigenvalue weighted by Crippen LogP contribution is 2.45. The van der Waals surface area contributed by atoms with Crippen LogP contribution in [0.1, 0.15) is 183 Å². The first-order valence-corrected chi connectivity index (χ1v) is 20.3. The van der Waals surface area contributed by atoms with Crippen molar-refractivity contribution < 1.29 is 39.0 Å². The molecule has 2 atom stereocenters. The molecule has 0 bridgehead atoms. The first-order valence-electron chi connectivity index (χ1n) is 20.3. The van der Waals surface area contributed by atoms with Crippen molar-refractivity contribution in [2.75, 3.05) is 0 Å². The van der Waals surface area contributed by atoms with E-state index in [2.05, 4.69) is 13.8 Å². The van der Waals surface area contributed by atoms with Crippen LogP contribution in [0.3, 0.4) is 0 Å². The van der Waals surface area contributed by atoms with Gasteiger partial charge in [-0.15, -0.1) is 0 Å². The van der Waals surface area contributed by atoms with Gasteiger partial charge in [-0.25, -0.2) is 0 Å². The maximum absolute atomic E-state index is 14.6. The Kier molecular flexibility index (Phi) is 19.2. The second-order valence-corrected chi connectivity index (χ2v) is 16.6. The molecule has 0 aromatic carbocycles. The van der Waals surface area contributed by atoms with Crippen LogP contribution in [0, 0.1) is 22.7 Å². The molecular weight excluding hydrogens is 656 g/mol. The molecule has 0 spiro atoms. The zero-order valence-electron chi connectivity index (χ0n) is 33.2. The van der Waals surface area contributed by atoms with Gasteiger partial charge in [0.15, 0.2) is 17.3 Å². The summed E-state index contributed by atoms with van der Waals surface area (Å²) in [7, 11) is 0. The predicted molar refractivity (Wildman–Crippen MR) is 206 cm³/mol. The Hall–Kier alpha value is -3.16. The van der Waals surface area contributed by atoms with Crippen molar-refractivity contribution in [1.29, 1.82) is 0 Å². The number of unbranched alkanes of at least 4 members (excludes halogenated alkanes) is 8. The third kappa shape index (κ3) is 14.3. The number of hydrogen-bond acceptors (Lipinski definition) is 6. The molecule has 2 unspecified atom stereocenters. The highest BCUT2D eigenvalue weighted by Gasteiger charge is 2.45. The normalized spacial score (nSPS) is 17.5. The second kappa shape index (κ2) is 22.1. The van der Waals surface area contributed by atoms with E-state index >= 15 is 0 Å². The monoisotopic (exact) mass is 724 g/mol. The van der Waals surface area contributed by atoms with Gasteiger partial charge in [0.25, 0.3) is 0 Å². The number of carbonyl (C=O) groups excluding carboxylic acids is 4. The van der Waals surface area contributed by atoms with Gasteiger partial charge < -0.3 is 10.2 Å². The molecule has 0 saturated heterocycles. The van der Waals surface area contributed by atoms with Gasteiger partial charge in [0, 0.05) is 41.9 Å². The number of carboxylic acids is 2. The molecule has 0 heterocycles. The molecular formula is C44H68O8. The largest absolute Gasteiger partial charge is 0.481 e. The van der Waals surface area contributed by atoms with Gasteiger partial charge in [-0.1, -0.05) is 105 Å².